The van der Waals surface area contributed by atoms with Gasteiger partial charge in [0.15, 0.2) is 0 Å². The van der Waals surface area contributed by atoms with Crippen LogP contribution in [0, 0.1) is 6.92 Å². The van der Waals surface area contributed by atoms with Gasteiger partial charge in [-0.15, -0.1) is 0 Å². The van der Waals surface area contributed by atoms with Crippen molar-refractivity contribution >= 4 is 23.2 Å². The quantitative estimate of drug-likeness (QED) is 0.741. The van der Waals surface area contributed by atoms with E-state index in [0.29, 0.717) is 16.9 Å². The standard InChI is InChI=1S/C19H19N5O2/c1-13-7-8-15(12-20-13)19(26)23-17-6-3-5-16(11-17)22-18(25)14(2)24-10-4-9-21-24/h3-12,14H,1-2H3,(H,22,25)(H,23,26). The molecule has 3 rings (SSSR count). The Bertz CT molecular complexity index is 904. The zero-order valence-electron chi connectivity index (χ0n) is 14.5. The first-order valence-corrected chi connectivity index (χ1v) is 8.17. The number of carbonyl (C=O) groups excluding carboxylic acids is 2. The number of aromatic nitrogens is 3. The molecule has 1 atom stereocenters. The third-order valence-electron chi connectivity index (χ3n) is 3.86. The second kappa shape index (κ2) is 7.60. The second-order valence-corrected chi connectivity index (χ2v) is 5.87. The predicted octanol–water partition coefficient (Wildman–Crippen LogP) is 3.04. The number of hydrogen-bond donors (Lipinski definition) is 2. The summed E-state index contributed by atoms with van der Waals surface area (Å²) in [6.45, 7) is 3.62. The summed E-state index contributed by atoms with van der Waals surface area (Å²) in [5.74, 6) is -0.453. The average Bonchev–Trinajstić information content (AvgIpc) is 3.16. The lowest BCUT2D eigenvalue weighted by molar-refractivity contribution is -0.119. The van der Waals surface area contributed by atoms with Gasteiger partial charge in [0.2, 0.25) is 5.91 Å². The maximum absolute atomic E-state index is 12.3. The van der Waals surface area contributed by atoms with Crippen molar-refractivity contribution in [3.05, 3.63) is 72.3 Å². The Hall–Kier alpha value is -3.48. The molecule has 3 aromatic rings. The summed E-state index contributed by atoms with van der Waals surface area (Å²) in [6.07, 6.45) is 4.89. The maximum atomic E-state index is 12.3. The van der Waals surface area contributed by atoms with Crippen molar-refractivity contribution < 1.29 is 9.59 Å². The van der Waals surface area contributed by atoms with Crippen LogP contribution < -0.4 is 10.6 Å². The van der Waals surface area contributed by atoms with Crippen LogP contribution in [-0.2, 0) is 4.79 Å². The number of hydrogen-bond acceptors (Lipinski definition) is 4. The minimum absolute atomic E-state index is 0.195. The van der Waals surface area contributed by atoms with E-state index in [4.69, 9.17) is 0 Å². The van der Waals surface area contributed by atoms with E-state index in [2.05, 4.69) is 20.7 Å². The van der Waals surface area contributed by atoms with Crippen LogP contribution in [0.3, 0.4) is 0 Å². The number of rotatable bonds is 5. The van der Waals surface area contributed by atoms with Crippen molar-refractivity contribution in [2.24, 2.45) is 0 Å². The summed E-state index contributed by atoms with van der Waals surface area (Å²) >= 11 is 0. The fourth-order valence-corrected chi connectivity index (χ4v) is 2.36. The molecule has 0 fully saturated rings. The van der Waals surface area contributed by atoms with Crippen LogP contribution >= 0.6 is 0 Å². The molecule has 1 unspecified atom stereocenters. The smallest absolute Gasteiger partial charge is 0.257 e. The van der Waals surface area contributed by atoms with Gasteiger partial charge in [-0.3, -0.25) is 19.3 Å². The maximum Gasteiger partial charge on any atom is 0.257 e. The van der Waals surface area contributed by atoms with Crippen LogP contribution in [0.2, 0.25) is 0 Å². The van der Waals surface area contributed by atoms with E-state index in [1.807, 2.05) is 6.92 Å². The van der Waals surface area contributed by atoms with Gasteiger partial charge in [0.1, 0.15) is 6.04 Å². The van der Waals surface area contributed by atoms with Gasteiger partial charge in [-0.05, 0) is 50.2 Å². The van der Waals surface area contributed by atoms with E-state index in [1.54, 1.807) is 66.5 Å². The van der Waals surface area contributed by atoms with Crippen LogP contribution in [0.25, 0.3) is 0 Å². The Morgan fingerprint density at radius 3 is 2.50 bits per heavy atom. The number of nitrogens with zero attached hydrogens (tertiary/aromatic N) is 3. The largest absolute Gasteiger partial charge is 0.324 e. The van der Waals surface area contributed by atoms with Crippen LogP contribution in [0.15, 0.2) is 61.1 Å². The summed E-state index contributed by atoms with van der Waals surface area (Å²) in [5.41, 5.74) is 2.49. The van der Waals surface area contributed by atoms with E-state index in [1.165, 1.54) is 6.20 Å². The molecule has 2 amide bonds. The van der Waals surface area contributed by atoms with Crippen LogP contribution in [0.4, 0.5) is 11.4 Å². The van der Waals surface area contributed by atoms with E-state index >= 15 is 0 Å². The summed E-state index contributed by atoms with van der Waals surface area (Å²) < 4.78 is 1.57. The number of benzene rings is 1. The molecule has 1 aromatic carbocycles. The molecule has 0 aliphatic carbocycles. The molecule has 2 N–H and O–H groups in total. The number of amides is 2. The zero-order valence-corrected chi connectivity index (χ0v) is 14.5. The van der Waals surface area contributed by atoms with Crippen LogP contribution in [0.5, 0.6) is 0 Å². The van der Waals surface area contributed by atoms with E-state index in [-0.39, 0.29) is 11.8 Å². The summed E-state index contributed by atoms with van der Waals surface area (Å²) in [5, 5.41) is 9.70. The van der Waals surface area contributed by atoms with Crippen molar-refractivity contribution in [2.75, 3.05) is 10.6 Å². The first kappa shape index (κ1) is 17.3. The fraction of sp³-hybridized carbons (Fsp3) is 0.158. The number of anilines is 2. The fourth-order valence-electron chi connectivity index (χ4n) is 2.36. The van der Waals surface area contributed by atoms with Gasteiger partial charge >= 0.3 is 0 Å². The molecule has 0 saturated carbocycles. The van der Waals surface area contributed by atoms with Crippen LogP contribution in [0.1, 0.15) is 29.0 Å². The molecule has 132 valence electrons. The second-order valence-electron chi connectivity index (χ2n) is 5.87. The Morgan fingerprint density at radius 1 is 1.08 bits per heavy atom. The minimum atomic E-state index is -0.443. The number of pyridine rings is 1. The molecule has 7 heteroatoms. The summed E-state index contributed by atoms with van der Waals surface area (Å²) in [4.78, 5) is 28.7. The molecule has 0 aliphatic rings. The van der Waals surface area contributed by atoms with Crippen LogP contribution in [-0.4, -0.2) is 26.6 Å². The number of aryl methyl sites for hydroxylation is 1. The number of carbonyl (C=O) groups is 2. The normalized spacial score (nSPS) is 11.6. The van der Waals surface area contributed by atoms with E-state index < -0.39 is 6.04 Å². The Labute approximate surface area is 151 Å². The van der Waals surface area contributed by atoms with Crippen molar-refractivity contribution in [3.8, 4) is 0 Å². The number of nitrogens with one attached hydrogen (secondary N) is 2. The lowest BCUT2D eigenvalue weighted by Crippen LogP contribution is -2.24. The Balaban J connectivity index is 1.67. The first-order valence-electron chi connectivity index (χ1n) is 8.17. The zero-order chi connectivity index (χ0) is 18.5. The van der Waals surface area contributed by atoms with E-state index in [9.17, 15) is 9.59 Å². The predicted molar refractivity (Wildman–Crippen MR) is 98.9 cm³/mol. The molecule has 2 heterocycles. The van der Waals surface area contributed by atoms with Gasteiger partial charge in [0.05, 0.1) is 5.56 Å². The van der Waals surface area contributed by atoms with Gasteiger partial charge in [-0.25, -0.2) is 0 Å². The Kier molecular flexibility index (Phi) is 5.07. The highest BCUT2D eigenvalue weighted by atomic mass is 16.2. The SMILES string of the molecule is Cc1ccc(C(=O)Nc2cccc(NC(=O)C(C)n3cccn3)c2)cn1. The van der Waals surface area contributed by atoms with Crippen molar-refractivity contribution in [1.29, 1.82) is 0 Å². The molecular formula is C19H19N5O2. The first-order chi connectivity index (χ1) is 12.5. The molecule has 2 aromatic heterocycles. The van der Waals surface area contributed by atoms with Gasteiger partial charge in [-0.2, -0.15) is 5.10 Å². The lowest BCUT2D eigenvalue weighted by Gasteiger charge is -2.13. The lowest BCUT2D eigenvalue weighted by atomic mass is 10.2. The highest BCUT2D eigenvalue weighted by molar-refractivity contribution is 6.04. The minimum Gasteiger partial charge on any atom is -0.324 e. The molecular weight excluding hydrogens is 330 g/mol. The Morgan fingerprint density at radius 2 is 1.85 bits per heavy atom. The monoisotopic (exact) mass is 349 g/mol. The molecule has 0 saturated heterocycles. The van der Waals surface area contributed by atoms with E-state index in [0.717, 1.165) is 5.69 Å². The molecule has 7 nitrogen and oxygen atoms in total. The topological polar surface area (TPSA) is 88.9 Å². The van der Waals surface area contributed by atoms with Crippen molar-refractivity contribution in [2.45, 2.75) is 19.9 Å². The van der Waals surface area contributed by atoms with Gasteiger partial charge in [0.25, 0.3) is 5.91 Å². The average molecular weight is 349 g/mol. The summed E-state index contributed by atoms with van der Waals surface area (Å²) in [6, 6.07) is 11.8. The molecule has 26 heavy (non-hydrogen) atoms. The van der Waals surface area contributed by atoms with Crippen molar-refractivity contribution in [3.63, 3.8) is 0 Å². The third-order valence-corrected chi connectivity index (χ3v) is 3.86. The molecule has 0 radical (unpaired) electrons. The highest BCUT2D eigenvalue weighted by Gasteiger charge is 2.15. The van der Waals surface area contributed by atoms with Gasteiger partial charge in [0, 0.05) is 35.7 Å². The molecule has 0 spiro atoms. The molecule has 0 aliphatic heterocycles. The van der Waals surface area contributed by atoms with Gasteiger partial charge in [-0.1, -0.05) is 6.07 Å². The highest BCUT2D eigenvalue weighted by Crippen LogP contribution is 2.17. The third kappa shape index (κ3) is 4.13. The van der Waals surface area contributed by atoms with Gasteiger partial charge < -0.3 is 10.6 Å². The van der Waals surface area contributed by atoms with Crippen molar-refractivity contribution in [1.82, 2.24) is 14.8 Å². The molecule has 0 bridgehead atoms. The summed E-state index contributed by atoms with van der Waals surface area (Å²) in [7, 11) is 0.